The van der Waals surface area contributed by atoms with Gasteiger partial charge in [0.1, 0.15) is 5.82 Å². The van der Waals surface area contributed by atoms with Gasteiger partial charge in [-0.1, -0.05) is 18.2 Å². The molecule has 1 aromatic carbocycles. The van der Waals surface area contributed by atoms with Gasteiger partial charge < -0.3 is 16.0 Å². The number of rotatable bonds is 0. The number of carbonyl (C=O) groups excluding carboxylic acids is 1. The molecule has 16 heavy (non-hydrogen) atoms. The standard InChI is InChI=1S/C8H8N2.C4H7NO/c9-8-5-6-3-1-2-4-7(6)10-8;6-4-2-1-3-5-4/h1-5,10H,9H2;1-3H2,(H,5,6). The third-order valence-electron chi connectivity index (χ3n) is 2.45. The summed E-state index contributed by atoms with van der Waals surface area (Å²) in [6.07, 6.45) is 1.76. The van der Waals surface area contributed by atoms with Crippen LogP contribution in [0.5, 0.6) is 0 Å². The molecule has 1 fully saturated rings. The van der Waals surface area contributed by atoms with Crippen LogP contribution in [0.2, 0.25) is 0 Å². The van der Waals surface area contributed by atoms with Crippen LogP contribution < -0.4 is 11.1 Å². The highest BCUT2D eigenvalue weighted by molar-refractivity contribution is 5.83. The first-order valence-electron chi connectivity index (χ1n) is 5.35. The lowest BCUT2D eigenvalue weighted by Crippen LogP contribution is -2.12. The number of hydrogen-bond acceptors (Lipinski definition) is 2. The Bertz CT molecular complexity index is 449. The van der Waals surface area contributed by atoms with Crippen LogP contribution in [0.3, 0.4) is 0 Å². The van der Waals surface area contributed by atoms with Gasteiger partial charge in [0.2, 0.25) is 5.91 Å². The summed E-state index contributed by atoms with van der Waals surface area (Å²) >= 11 is 0. The van der Waals surface area contributed by atoms with E-state index in [0.717, 1.165) is 30.7 Å². The first-order chi connectivity index (χ1) is 7.75. The first kappa shape index (κ1) is 10.5. The van der Waals surface area contributed by atoms with E-state index in [1.165, 1.54) is 5.39 Å². The molecule has 1 aromatic heterocycles. The van der Waals surface area contributed by atoms with Crippen molar-refractivity contribution in [3.05, 3.63) is 30.3 Å². The molecule has 3 rings (SSSR count). The van der Waals surface area contributed by atoms with Gasteiger partial charge in [0, 0.05) is 23.9 Å². The Labute approximate surface area is 93.8 Å². The van der Waals surface area contributed by atoms with Crippen molar-refractivity contribution in [2.24, 2.45) is 0 Å². The summed E-state index contributed by atoms with van der Waals surface area (Å²) in [4.78, 5) is 13.2. The average Bonchev–Trinajstić information content (AvgIpc) is 2.86. The number of H-pyrrole nitrogens is 1. The van der Waals surface area contributed by atoms with Crippen molar-refractivity contribution < 1.29 is 4.79 Å². The van der Waals surface area contributed by atoms with E-state index in [4.69, 9.17) is 5.73 Å². The van der Waals surface area contributed by atoms with E-state index in [1.54, 1.807) is 0 Å². The quantitative estimate of drug-likeness (QED) is 0.628. The summed E-state index contributed by atoms with van der Waals surface area (Å²) in [6, 6.07) is 9.94. The maximum Gasteiger partial charge on any atom is 0.220 e. The zero-order chi connectivity index (χ0) is 11.4. The molecular weight excluding hydrogens is 202 g/mol. The molecule has 1 aliphatic heterocycles. The van der Waals surface area contributed by atoms with Crippen LogP contribution in [0.1, 0.15) is 12.8 Å². The molecule has 2 heterocycles. The van der Waals surface area contributed by atoms with Crippen molar-refractivity contribution in [3.8, 4) is 0 Å². The normalized spacial score (nSPS) is 14.4. The summed E-state index contributed by atoms with van der Waals surface area (Å²) in [5, 5.41) is 3.85. The minimum atomic E-state index is 0.204. The van der Waals surface area contributed by atoms with E-state index in [1.807, 2.05) is 30.3 Å². The van der Waals surface area contributed by atoms with Crippen molar-refractivity contribution >= 4 is 22.6 Å². The first-order valence-corrected chi connectivity index (χ1v) is 5.35. The van der Waals surface area contributed by atoms with Crippen LogP contribution in [0.4, 0.5) is 5.82 Å². The van der Waals surface area contributed by atoms with Crippen molar-refractivity contribution in [2.75, 3.05) is 12.3 Å². The zero-order valence-electron chi connectivity index (χ0n) is 8.99. The molecule has 84 valence electrons. The second kappa shape index (κ2) is 4.70. The SMILES string of the molecule is Nc1cc2ccccc2[nH]1.O=C1CCCN1. The van der Waals surface area contributed by atoms with Crippen molar-refractivity contribution in [1.82, 2.24) is 10.3 Å². The lowest BCUT2D eigenvalue weighted by Gasteiger charge is -1.83. The Hall–Kier alpha value is -1.97. The number of amides is 1. The Kier molecular flexibility index (Phi) is 3.10. The number of nitrogen functional groups attached to an aromatic ring is 1. The molecular formula is C12H15N3O. The Balaban J connectivity index is 0.000000138. The fraction of sp³-hybridized carbons (Fsp3) is 0.250. The summed E-state index contributed by atoms with van der Waals surface area (Å²) in [6.45, 7) is 0.888. The third-order valence-corrected chi connectivity index (χ3v) is 2.45. The number of carbonyl (C=O) groups is 1. The molecule has 4 nitrogen and oxygen atoms in total. The molecule has 4 heteroatoms. The fourth-order valence-electron chi connectivity index (χ4n) is 1.66. The average molecular weight is 217 g/mol. The summed E-state index contributed by atoms with van der Waals surface area (Å²) < 4.78 is 0. The molecule has 0 spiro atoms. The summed E-state index contributed by atoms with van der Waals surface area (Å²) in [5.41, 5.74) is 6.63. The van der Waals surface area contributed by atoms with Crippen LogP contribution in [0.15, 0.2) is 30.3 Å². The summed E-state index contributed by atoms with van der Waals surface area (Å²) in [7, 11) is 0. The smallest absolute Gasteiger partial charge is 0.220 e. The molecule has 0 atom stereocenters. The fourth-order valence-corrected chi connectivity index (χ4v) is 1.66. The third kappa shape index (κ3) is 2.53. The monoisotopic (exact) mass is 217 g/mol. The van der Waals surface area contributed by atoms with Gasteiger partial charge in [-0.3, -0.25) is 4.79 Å². The van der Waals surface area contributed by atoms with Gasteiger partial charge in [-0.2, -0.15) is 0 Å². The molecule has 0 aliphatic carbocycles. The van der Waals surface area contributed by atoms with Crippen LogP contribution >= 0.6 is 0 Å². The van der Waals surface area contributed by atoms with E-state index >= 15 is 0 Å². The van der Waals surface area contributed by atoms with E-state index in [9.17, 15) is 4.79 Å². The second-order valence-corrected chi connectivity index (χ2v) is 3.77. The molecule has 1 saturated heterocycles. The van der Waals surface area contributed by atoms with Gasteiger partial charge in [-0.15, -0.1) is 0 Å². The molecule has 1 amide bonds. The Morgan fingerprint density at radius 2 is 2.06 bits per heavy atom. The minimum Gasteiger partial charge on any atom is -0.385 e. The van der Waals surface area contributed by atoms with E-state index in [0.29, 0.717) is 0 Å². The maximum absolute atomic E-state index is 10.1. The number of nitrogens with one attached hydrogen (secondary N) is 2. The molecule has 0 unspecified atom stereocenters. The minimum absolute atomic E-state index is 0.204. The molecule has 0 bridgehead atoms. The Morgan fingerprint density at radius 1 is 1.25 bits per heavy atom. The number of anilines is 1. The van der Waals surface area contributed by atoms with Crippen LogP contribution in [-0.4, -0.2) is 17.4 Å². The summed E-state index contributed by atoms with van der Waals surface area (Å²) in [5.74, 6) is 0.927. The van der Waals surface area contributed by atoms with Crippen LogP contribution in [0, 0.1) is 0 Å². The van der Waals surface area contributed by atoms with Gasteiger partial charge in [0.15, 0.2) is 0 Å². The number of benzene rings is 1. The highest BCUT2D eigenvalue weighted by Gasteiger charge is 2.05. The lowest BCUT2D eigenvalue weighted by atomic mass is 10.3. The molecule has 0 radical (unpaired) electrons. The number of para-hydroxylation sites is 1. The number of aromatic amines is 1. The van der Waals surface area contributed by atoms with Gasteiger partial charge in [-0.25, -0.2) is 0 Å². The van der Waals surface area contributed by atoms with Crippen molar-refractivity contribution in [2.45, 2.75) is 12.8 Å². The zero-order valence-corrected chi connectivity index (χ0v) is 8.99. The second-order valence-electron chi connectivity index (χ2n) is 3.77. The van der Waals surface area contributed by atoms with Crippen LogP contribution in [-0.2, 0) is 4.79 Å². The molecule has 4 N–H and O–H groups in total. The van der Waals surface area contributed by atoms with Gasteiger partial charge in [0.05, 0.1) is 0 Å². The topological polar surface area (TPSA) is 70.9 Å². The molecule has 1 aliphatic rings. The van der Waals surface area contributed by atoms with E-state index in [2.05, 4.69) is 10.3 Å². The van der Waals surface area contributed by atoms with Crippen molar-refractivity contribution in [3.63, 3.8) is 0 Å². The van der Waals surface area contributed by atoms with E-state index in [-0.39, 0.29) is 5.91 Å². The van der Waals surface area contributed by atoms with Gasteiger partial charge in [-0.05, 0) is 18.6 Å². The van der Waals surface area contributed by atoms with Gasteiger partial charge in [0.25, 0.3) is 0 Å². The van der Waals surface area contributed by atoms with Gasteiger partial charge >= 0.3 is 0 Å². The molecule has 2 aromatic rings. The number of fused-ring (bicyclic) bond motifs is 1. The number of aromatic nitrogens is 1. The number of nitrogens with two attached hydrogens (primary N) is 1. The number of hydrogen-bond donors (Lipinski definition) is 3. The van der Waals surface area contributed by atoms with Crippen LogP contribution in [0.25, 0.3) is 10.9 Å². The predicted octanol–water partition coefficient (Wildman–Crippen LogP) is 1.65. The highest BCUT2D eigenvalue weighted by Crippen LogP contribution is 2.14. The Morgan fingerprint density at radius 3 is 2.62 bits per heavy atom. The van der Waals surface area contributed by atoms with Crippen molar-refractivity contribution in [1.29, 1.82) is 0 Å². The maximum atomic E-state index is 10.1. The molecule has 0 saturated carbocycles. The highest BCUT2D eigenvalue weighted by atomic mass is 16.1. The van der Waals surface area contributed by atoms with E-state index < -0.39 is 0 Å². The predicted molar refractivity (Wildman–Crippen MR) is 65.0 cm³/mol. The largest absolute Gasteiger partial charge is 0.385 e. The lowest BCUT2D eigenvalue weighted by molar-refractivity contribution is -0.119.